The number of anilines is 2. The van der Waals surface area contributed by atoms with Gasteiger partial charge in [-0.3, -0.25) is 0 Å². The molecule has 0 unspecified atom stereocenters. The lowest BCUT2D eigenvalue weighted by molar-refractivity contribution is -0.142. The second-order valence-corrected chi connectivity index (χ2v) is 7.07. The summed E-state index contributed by atoms with van der Waals surface area (Å²) in [5.74, 6) is 0.412. The van der Waals surface area contributed by atoms with E-state index in [0.29, 0.717) is 17.0 Å². The number of nitriles is 1. The predicted octanol–water partition coefficient (Wildman–Crippen LogP) is 4.65. The molecule has 2 aromatic heterocycles. The molecule has 8 nitrogen and oxygen atoms in total. The number of para-hydroxylation sites is 1. The van der Waals surface area contributed by atoms with E-state index in [1.807, 2.05) is 61.5 Å². The number of nitrogens with zero attached hydrogens (tertiary/aromatic N) is 3. The van der Waals surface area contributed by atoms with Crippen molar-refractivity contribution in [2.45, 2.75) is 13.5 Å². The summed E-state index contributed by atoms with van der Waals surface area (Å²) in [6.07, 6.45) is 3.26. The summed E-state index contributed by atoms with van der Waals surface area (Å²) in [5.41, 5.74) is 4.15. The predicted molar refractivity (Wildman–Crippen MR) is 118 cm³/mol. The Hall–Kier alpha value is -4.35. The number of hydrogen-bond donors (Lipinski definition) is 2. The molecule has 8 heteroatoms. The Balaban J connectivity index is 1.61. The first-order chi connectivity index (χ1) is 15.5. The molecule has 0 saturated heterocycles. The fourth-order valence-electron chi connectivity index (χ4n) is 3.32. The summed E-state index contributed by atoms with van der Waals surface area (Å²) < 4.78 is 12.7. The Kier molecular flexibility index (Phi) is 6.01. The van der Waals surface area contributed by atoms with Crippen LogP contribution in [0.15, 0.2) is 67.0 Å². The number of rotatable bonds is 8. The average molecular weight is 428 g/mol. The summed E-state index contributed by atoms with van der Waals surface area (Å²) in [4.78, 5) is 10.7. The van der Waals surface area contributed by atoms with Crippen LogP contribution in [0.5, 0.6) is 11.5 Å². The molecule has 4 aromatic rings. The van der Waals surface area contributed by atoms with E-state index < -0.39 is 5.97 Å². The highest BCUT2D eigenvalue weighted by atomic mass is 16.5. The van der Waals surface area contributed by atoms with Crippen LogP contribution in [0.25, 0.3) is 5.52 Å². The van der Waals surface area contributed by atoms with E-state index in [0.717, 1.165) is 28.1 Å². The van der Waals surface area contributed by atoms with E-state index in [2.05, 4.69) is 16.5 Å². The normalized spacial score (nSPS) is 10.6. The van der Waals surface area contributed by atoms with E-state index in [1.165, 1.54) is 6.20 Å². The lowest BCUT2D eigenvalue weighted by Gasteiger charge is -2.12. The first-order valence-electron chi connectivity index (χ1n) is 9.84. The van der Waals surface area contributed by atoms with Crippen LogP contribution >= 0.6 is 0 Å². The number of carbonyl (C=O) groups is 1. The number of carboxylic acids is 1. The molecule has 2 heterocycles. The number of benzene rings is 2. The van der Waals surface area contributed by atoms with Crippen LogP contribution < -0.4 is 10.1 Å². The van der Waals surface area contributed by atoms with Crippen molar-refractivity contribution in [3.8, 4) is 17.6 Å². The highest BCUT2D eigenvalue weighted by molar-refractivity contribution is 5.85. The highest BCUT2D eigenvalue weighted by Gasteiger charge is 2.16. The quantitative estimate of drug-likeness (QED) is 0.420. The van der Waals surface area contributed by atoms with Crippen molar-refractivity contribution in [3.63, 3.8) is 0 Å². The summed E-state index contributed by atoms with van der Waals surface area (Å²) in [7, 11) is 0. The molecule has 4 rings (SSSR count). The number of ether oxygens (including phenoxy) is 2. The molecule has 0 aliphatic rings. The van der Waals surface area contributed by atoms with Gasteiger partial charge in [-0.1, -0.05) is 18.2 Å². The van der Waals surface area contributed by atoms with Crippen molar-refractivity contribution in [1.29, 1.82) is 5.26 Å². The summed E-state index contributed by atoms with van der Waals surface area (Å²) >= 11 is 0. The third kappa shape index (κ3) is 4.53. The minimum Gasteiger partial charge on any atom is -0.480 e. The maximum absolute atomic E-state index is 10.7. The standard InChI is InChI=1S/C24H20N4O4/c1-16-18(14-31-15-22(29)30)13-28-24(16)23(17(11-25)12-26-28)27-19-7-9-21(10-8-19)32-20-5-3-2-4-6-20/h2-10,12-13,27H,14-15H2,1H3,(H,29,30). The van der Waals surface area contributed by atoms with E-state index in [4.69, 9.17) is 14.6 Å². The molecule has 160 valence electrons. The van der Waals surface area contributed by atoms with Gasteiger partial charge in [-0.05, 0) is 48.9 Å². The molecule has 2 N–H and O–H groups in total. The van der Waals surface area contributed by atoms with E-state index >= 15 is 0 Å². The van der Waals surface area contributed by atoms with Crippen LogP contribution in [0.4, 0.5) is 11.4 Å². The zero-order valence-corrected chi connectivity index (χ0v) is 17.3. The van der Waals surface area contributed by atoms with Crippen LogP contribution in [0.3, 0.4) is 0 Å². The molecule has 0 fully saturated rings. The van der Waals surface area contributed by atoms with Crippen LogP contribution in [0.2, 0.25) is 0 Å². The number of aliphatic carboxylic acids is 1. The van der Waals surface area contributed by atoms with Gasteiger partial charge in [-0.15, -0.1) is 0 Å². The smallest absolute Gasteiger partial charge is 0.329 e. The minimum absolute atomic E-state index is 0.133. The van der Waals surface area contributed by atoms with Crippen molar-refractivity contribution >= 4 is 22.9 Å². The van der Waals surface area contributed by atoms with Gasteiger partial charge in [0.2, 0.25) is 0 Å². The van der Waals surface area contributed by atoms with Gasteiger partial charge in [-0.2, -0.15) is 10.4 Å². The molecule has 2 aromatic carbocycles. The third-order valence-electron chi connectivity index (χ3n) is 4.87. The Bertz CT molecular complexity index is 1290. The monoisotopic (exact) mass is 428 g/mol. The van der Waals surface area contributed by atoms with Gasteiger partial charge in [0.1, 0.15) is 24.2 Å². The fraction of sp³-hybridized carbons (Fsp3) is 0.125. The molecule has 0 atom stereocenters. The lowest BCUT2D eigenvalue weighted by Crippen LogP contribution is -2.06. The topological polar surface area (TPSA) is 109 Å². The molecule has 0 bridgehead atoms. The number of carboxylic acid groups (broad SMARTS) is 1. The third-order valence-corrected chi connectivity index (χ3v) is 4.87. The van der Waals surface area contributed by atoms with Crippen molar-refractivity contribution in [3.05, 3.63) is 83.7 Å². The van der Waals surface area contributed by atoms with Crippen LogP contribution in [0.1, 0.15) is 16.7 Å². The van der Waals surface area contributed by atoms with Gasteiger partial charge in [0, 0.05) is 17.4 Å². The summed E-state index contributed by atoms with van der Waals surface area (Å²) in [5, 5.41) is 26.0. The molecule has 0 saturated carbocycles. The van der Waals surface area contributed by atoms with Crippen LogP contribution in [-0.2, 0) is 16.1 Å². The lowest BCUT2D eigenvalue weighted by atomic mass is 10.1. The highest BCUT2D eigenvalue weighted by Crippen LogP contribution is 2.31. The number of nitrogens with one attached hydrogen (secondary N) is 1. The van der Waals surface area contributed by atoms with Crippen molar-refractivity contribution in [1.82, 2.24) is 9.61 Å². The van der Waals surface area contributed by atoms with Gasteiger partial charge >= 0.3 is 5.97 Å². The van der Waals surface area contributed by atoms with Crippen molar-refractivity contribution < 1.29 is 19.4 Å². The van der Waals surface area contributed by atoms with Gasteiger partial charge in [-0.25, -0.2) is 9.31 Å². The van der Waals surface area contributed by atoms with Crippen LogP contribution in [-0.4, -0.2) is 27.3 Å². The summed E-state index contributed by atoms with van der Waals surface area (Å²) in [6, 6.07) is 19.1. The van der Waals surface area contributed by atoms with Crippen molar-refractivity contribution in [2.75, 3.05) is 11.9 Å². The molecular weight excluding hydrogens is 408 g/mol. The van der Waals surface area contributed by atoms with Gasteiger partial charge in [0.05, 0.1) is 29.6 Å². The Morgan fingerprint density at radius 2 is 1.88 bits per heavy atom. The summed E-state index contributed by atoms with van der Waals surface area (Å²) in [6.45, 7) is 1.64. The maximum Gasteiger partial charge on any atom is 0.329 e. The fourth-order valence-corrected chi connectivity index (χ4v) is 3.32. The molecule has 0 aliphatic heterocycles. The number of hydrogen-bond acceptors (Lipinski definition) is 6. The second kappa shape index (κ2) is 9.20. The maximum atomic E-state index is 10.7. The van der Waals surface area contributed by atoms with E-state index in [1.54, 1.807) is 10.7 Å². The second-order valence-electron chi connectivity index (χ2n) is 7.07. The zero-order valence-electron chi connectivity index (χ0n) is 17.3. The number of fused-ring (bicyclic) bond motifs is 1. The van der Waals surface area contributed by atoms with Gasteiger partial charge in [0.15, 0.2) is 0 Å². The molecule has 32 heavy (non-hydrogen) atoms. The Labute approximate surface area is 184 Å². The van der Waals surface area contributed by atoms with Gasteiger partial charge in [0.25, 0.3) is 0 Å². The average Bonchev–Trinajstić information content (AvgIpc) is 3.11. The van der Waals surface area contributed by atoms with Crippen LogP contribution in [0, 0.1) is 18.3 Å². The SMILES string of the molecule is Cc1c(COCC(=O)O)cn2ncc(C#N)c(Nc3ccc(Oc4ccccc4)cc3)c12. The van der Waals surface area contributed by atoms with Crippen molar-refractivity contribution in [2.24, 2.45) is 0 Å². The minimum atomic E-state index is -1.03. The molecule has 0 aliphatic carbocycles. The Morgan fingerprint density at radius 3 is 2.56 bits per heavy atom. The largest absolute Gasteiger partial charge is 0.480 e. The molecular formula is C24H20N4O4. The molecule has 0 amide bonds. The number of aromatic nitrogens is 2. The molecule has 0 radical (unpaired) electrons. The van der Waals surface area contributed by atoms with E-state index in [-0.39, 0.29) is 13.2 Å². The zero-order chi connectivity index (χ0) is 22.5. The number of aryl methyl sites for hydroxylation is 1. The molecule has 0 spiro atoms. The van der Waals surface area contributed by atoms with E-state index in [9.17, 15) is 10.1 Å². The first-order valence-corrected chi connectivity index (χ1v) is 9.84. The van der Waals surface area contributed by atoms with Gasteiger partial charge < -0.3 is 19.9 Å². The first kappa shape index (κ1) is 20.9. The Morgan fingerprint density at radius 1 is 1.16 bits per heavy atom.